The summed E-state index contributed by atoms with van der Waals surface area (Å²) in [5.41, 5.74) is -0.215. The highest BCUT2D eigenvalue weighted by Gasteiger charge is 2.38. The molecule has 1 N–H and O–H groups in total. The number of aromatic nitrogens is 3. The van der Waals surface area contributed by atoms with Gasteiger partial charge in [0, 0.05) is 36.5 Å². The van der Waals surface area contributed by atoms with Gasteiger partial charge in [-0.2, -0.15) is 10.2 Å². The van der Waals surface area contributed by atoms with Crippen LogP contribution in [0.4, 0.5) is 0 Å². The molecule has 132 valence electrons. The Morgan fingerprint density at radius 2 is 2.08 bits per heavy atom. The molecule has 0 aromatic carbocycles. The molecule has 2 aromatic heterocycles. The monoisotopic (exact) mass is 414 g/mol. The van der Waals surface area contributed by atoms with Crippen LogP contribution in [0.15, 0.2) is 45.6 Å². The molecule has 2 aromatic rings. The summed E-state index contributed by atoms with van der Waals surface area (Å²) < 4.78 is 6.31. The van der Waals surface area contributed by atoms with E-state index in [4.69, 9.17) is 11.2 Å². The van der Waals surface area contributed by atoms with Crippen molar-refractivity contribution in [2.75, 3.05) is 6.54 Å². The largest absolute Gasteiger partial charge is 0.436 e. The molecule has 1 aliphatic rings. The van der Waals surface area contributed by atoms with Crippen LogP contribution in [-0.4, -0.2) is 33.1 Å². The number of halogens is 1. The van der Waals surface area contributed by atoms with Gasteiger partial charge in [0.25, 0.3) is 5.91 Å². The standard InChI is InChI=1S/C17H15BrN6O2/c1-2-3-4-17(23-24-17)5-6-20-16(25)14-10-22-15(11-21-14)26-13-7-12(18)8-19-9-13/h1,7-11H,3-6H2,(H,20,25). The van der Waals surface area contributed by atoms with Crippen LogP contribution in [-0.2, 0) is 0 Å². The molecule has 0 unspecified atom stereocenters. The zero-order valence-electron chi connectivity index (χ0n) is 13.7. The summed E-state index contributed by atoms with van der Waals surface area (Å²) in [5, 5.41) is 10.8. The van der Waals surface area contributed by atoms with Gasteiger partial charge in [0.05, 0.1) is 18.6 Å². The van der Waals surface area contributed by atoms with Crippen molar-refractivity contribution in [1.82, 2.24) is 20.3 Å². The lowest BCUT2D eigenvalue weighted by molar-refractivity contribution is 0.0946. The number of nitrogens with one attached hydrogen (secondary N) is 1. The van der Waals surface area contributed by atoms with Crippen molar-refractivity contribution >= 4 is 21.8 Å². The number of carbonyl (C=O) groups is 1. The fourth-order valence-electron chi connectivity index (χ4n) is 2.19. The molecule has 0 atom stereocenters. The molecule has 0 radical (unpaired) electrons. The van der Waals surface area contributed by atoms with Gasteiger partial charge in [-0.25, -0.2) is 9.97 Å². The van der Waals surface area contributed by atoms with Crippen LogP contribution in [0.1, 0.15) is 29.8 Å². The third-order valence-corrected chi connectivity index (χ3v) is 4.06. The Labute approximate surface area is 158 Å². The number of rotatable bonds is 8. The Bertz CT molecular complexity index is 856. The van der Waals surface area contributed by atoms with Gasteiger partial charge in [0.2, 0.25) is 5.88 Å². The number of ether oxygens (including phenoxy) is 1. The van der Waals surface area contributed by atoms with Crippen molar-refractivity contribution in [3.63, 3.8) is 0 Å². The highest BCUT2D eigenvalue weighted by molar-refractivity contribution is 9.10. The van der Waals surface area contributed by atoms with Crippen LogP contribution in [0, 0.1) is 12.3 Å². The minimum atomic E-state index is -0.416. The van der Waals surface area contributed by atoms with E-state index >= 15 is 0 Å². The number of hydrogen-bond acceptors (Lipinski definition) is 7. The minimum absolute atomic E-state index is 0.201. The zero-order valence-corrected chi connectivity index (χ0v) is 15.3. The zero-order chi connectivity index (χ0) is 18.4. The predicted molar refractivity (Wildman–Crippen MR) is 96.6 cm³/mol. The van der Waals surface area contributed by atoms with E-state index in [1.807, 2.05) is 0 Å². The van der Waals surface area contributed by atoms with Crippen molar-refractivity contribution in [2.24, 2.45) is 10.2 Å². The number of carbonyl (C=O) groups excluding carboxylic acids is 1. The molecule has 8 nitrogen and oxygen atoms in total. The van der Waals surface area contributed by atoms with Crippen molar-refractivity contribution in [2.45, 2.75) is 24.9 Å². The lowest BCUT2D eigenvalue weighted by Crippen LogP contribution is -2.29. The van der Waals surface area contributed by atoms with Gasteiger partial charge in [0.1, 0.15) is 11.4 Å². The Morgan fingerprint density at radius 1 is 1.23 bits per heavy atom. The van der Waals surface area contributed by atoms with Crippen LogP contribution in [0.25, 0.3) is 0 Å². The lowest BCUT2D eigenvalue weighted by Gasteiger charge is -2.09. The van der Waals surface area contributed by atoms with Crippen LogP contribution in [0.5, 0.6) is 11.6 Å². The summed E-state index contributed by atoms with van der Waals surface area (Å²) >= 11 is 3.31. The van der Waals surface area contributed by atoms with E-state index in [9.17, 15) is 4.79 Å². The third kappa shape index (κ3) is 4.83. The molecule has 0 aliphatic carbocycles. The molecule has 3 rings (SSSR count). The quantitative estimate of drug-likeness (QED) is 0.668. The first-order valence-electron chi connectivity index (χ1n) is 7.86. The van der Waals surface area contributed by atoms with Gasteiger partial charge in [-0.1, -0.05) is 0 Å². The van der Waals surface area contributed by atoms with Crippen molar-refractivity contribution in [3.05, 3.63) is 41.0 Å². The van der Waals surface area contributed by atoms with E-state index in [2.05, 4.69) is 52.3 Å². The van der Waals surface area contributed by atoms with E-state index in [1.165, 1.54) is 12.4 Å². The van der Waals surface area contributed by atoms with Gasteiger partial charge in [-0.15, -0.1) is 12.3 Å². The average molecular weight is 415 g/mol. The van der Waals surface area contributed by atoms with Crippen molar-refractivity contribution in [3.8, 4) is 24.0 Å². The molecule has 9 heteroatoms. The Morgan fingerprint density at radius 3 is 2.73 bits per heavy atom. The van der Waals surface area contributed by atoms with Crippen LogP contribution < -0.4 is 10.1 Å². The topological polar surface area (TPSA) is 102 Å². The lowest BCUT2D eigenvalue weighted by atomic mass is 10.0. The number of nitrogens with zero attached hydrogens (tertiary/aromatic N) is 5. The maximum atomic E-state index is 12.1. The Kier molecular flexibility index (Phi) is 5.53. The first-order valence-corrected chi connectivity index (χ1v) is 8.66. The Hall–Kier alpha value is -2.86. The van der Waals surface area contributed by atoms with Crippen LogP contribution in [0.3, 0.4) is 0 Å². The highest BCUT2D eigenvalue weighted by Crippen LogP contribution is 2.36. The molecule has 26 heavy (non-hydrogen) atoms. The number of pyridine rings is 1. The van der Waals surface area contributed by atoms with E-state index in [0.29, 0.717) is 31.6 Å². The number of amides is 1. The summed E-state index contributed by atoms with van der Waals surface area (Å²) in [4.78, 5) is 24.3. The minimum Gasteiger partial charge on any atom is -0.436 e. The van der Waals surface area contributed by atoms with Crippen LogP contribution >= 0.6 is 15.9 Å². The normalized spacial score (nSPS) is 13.7. The average Bonchev–Trinajstić information content (AvgIpc) is 3.41. The molecule has 3 heterocycles. The molecule has 0 saturated heterocycles. The van der Waals surface area contributed by atoms with Gasteiger partial charge < -0.3 is 10.1 Å². The fourth-order valence-corrected chi connectivity index (χ4v) is 2.53. The van der Waals surface area contributed by atoms with Crippen molar-refractivity contribution < 1.29 is 9.53 Å². The van der Waals surface area contributed by atoms with E-state index in [0.717, 1.165) is 4.47 Å². The SMILES string of the molecule is C#CCCC1(CCNC(=O)c2cnc(Oc3cncc(Br)c3)cn2)N=N1. The number of terminal acetylenes is 1. The maximum absolute atomic E-state index is 12.1. The van der Waals surface area contributed by atoms with E-state index in [1.54, 1.807) is 18.5 Å². The van der Waals surface area contributed by atoms with Gasteiger partial charge in [-0.3, -0.25) is 9.78 Å². The summed E-state index contributed by atoms with van der Waals surface area (Å²) in [6.07, 6.45) is 13.1. The van der Waals surface area contributed by atoms with Crippen molar-refractivity contribution in [1.29, 1.82) is 0 Å². The second kappa shape index (κ2) is 8.01. The van der Waals surface area contributed by atoms with Gasteiger partial charge in [-0.05, 0) is 22.0 Å². The molecule has 1 aliphatic heterocycles. The molecule has 0 saturated carbocycles. The summed E-state index contributed by atoms with van der Waals surface area (Å²) in [5.74, 6) is 3.03. The molecule has 0 fully saturated rings. The maximum Gasteiger partial charge on any atom is 0.271 e. The van der Waals surface area contributed by atoms with E-state index in [-0.39, 0.29) is 17.5 Å². The smallest absolute Gasteiger partial charge is 0.271 e. The first-order chi connectivity index (χ1) is 12.6. The molecule has 0 spiro atoms. The number of hydrogen-bond donors (Lipinski definition) is 1. The molecule has 1 amide bonds. The summed E-state index contributed by atoms with van der Waals surface area (Å²) in [6, 6.07) is 1.75. The highest BCUT2D eigenvalue weighted by atomic mass is 79.9. The third-order valence-electron chi connectivity index (χ3n) is 3.63. The van der Waals surface area contributed by atoms with E-state index < -0.39 is 5.66 Å². The Balaban J connectivity index is 1.49. The first kappa shape index (κ1) is 17.9. The fraction of sp³-hybridized carbons (Fsp3) is 0.294. The van der Waals surface area contributed by atoms with Gasteiger partial charge in [0.15, 0.2) is 5.66 Å². The molecule has 0 bridgehead atoms. The summed E-state index contributed by atoms with van der Waals surface area (Å²) in [6.45, 7) is 0.431. The predicted octanol–water partition coefficient (Wildman–Crippen LogP) is 3.12. The second-order valence-electron chi connectivity index (χ2n) is 5.57. The second-order valence-corrected chi connectivity index (χ2v) is 6.49. The van der Waals surface area contributed by atoms with Gasteiger partial charge >= 0.3 is 0 Å². The molecular formula is C17H15BrN6O2. The van der Waals surface area contributed by atoms with Crippen LogP contribution in [0.2, 0.25) is 0 Å². The molecular weight excluding hydrogens is 400 g/mol. The summed E-state index contributed by atoms with van der Waals surface area (Å²) in [7, 11) is 0.